The second-order valence-corrected chi connectivity index (χ2v) is 10.9. The van der Waals surface area contributed by atoms with Gasteiger partial charge >= 0.3 is 12.3 Å². The fraction of sp³-hybridized carbons (Fsp3) is 0.500. The molecule has 0 saturated carbocycles. The van der Waals surface area contributed by atoms with E-state index in [1.807, 2.05) is 36.9 Å². The number of halogens is 3. The van der Waals surface area contributed by atoms with E-state index < -0.39 is 11.7 Å². The van der Waals surface area contributed by atoms with E-state index >= 15 is 0 Å². The van der Waals surface area contributed by atoms with Crippen LogP contribution >= 0.6 is 11.3 Å². The van der Waals surface area contributed by atoms with E-state index in [-0.39, 0.29) is 24.3 Å². The molecule has 2 aliphatic heterocycles. The first-order valence-electron chi connectivity index (χ1n) is 12.5. The molecule has 2 atom stereocenters. The Morgan fingerprint density at radius 1 is 1.11 bits per heavy atom. The summed E-state index contributed by atoms with van der Waals surface area (Å²) in [5.41, 5.74) is 0.798. The van der Waals surface area contributed by atoms with Crippen molar-refractivity contribution < 1.29 is 22.7 Å². The first-order valence-corrected chi connectivity index (χ1v) is 13.3. The molecule has 3 aromatic rings. The van der Waals surface area contributed by atoms with Gasteiger partial charge in [-0.3, -0.25) is 9.80 Å². The number of alkyl halides is 3. The van der Waals surface area contributed by atoms with Crippen LogP contribution in [0.15, 0.2) is 42.6 Å². The number of hydrogen-bond acceptors (Lipinski definition) is 7. The van der Waals surface area contributed by atoms with Gasteiger partial charge < -0.3 is 9.64 Å². The Morgan fingerprint density at radius 2 is 1.78 bits per heavy atom. The van der Waals surface area contributed by atoms with E-state index in [1.165, 1.54) is 16.9 Å². The number of piperazine rings is 1. The maximum Gasteiger partial charge on any atom is 0.417 e. The fourth-order valence-corrected chi connectivity index (χ4v) is 6.15. The predicted molar refractivity (Wildman–Crippen MR) is 137 cm³/mol. The van der Waals surface area contributed by atoms with Crippen LogP contribution in [0.4, 0.5) is 23.1 Å². The molecule has 5 rings (SSSR count). The molecule has 198 valence electrons. The van der Waals surface area contributed by atoms with Gasteiger partial charge in [-0.2, -0.15) is 18.2 Å². The molecule has 0 aliphatic carbocycles. The van der Waals surface area contributed by atoms with Crippen molar-refractivity contribution in [1.82, 2.24) is 19.8 Å². The Morgan fingerprint density at radius 3 is 2.43 bits per heavy atom. The summed E-state index contributed by atoms with van der Waals surface area (Å²) < 4.78 is 45.5. The zero-order valence-corrected chi connectivity index (χ0v) is 21.6. The average Bonchev–Trinajstić information content (AvgIpc) is 3.29. The van der Waals surface area contributed by atoms with Crippen molar-refractivity contribution >= 4 is 32.9 Å². The largest absolute Gasteiger partial charge is 0.446 e. The monoisotopic (exact) mass is 533 g/mol. The molecule has 2 fully saturated rings. The summed E-state index contributed by atoms with van der Waals surface area (Å²) in [6.45, 7) is 7.61. The lowest BCUT2D eigenvalue weighted by Crippen LogP contribution is -2.59. The molecule has 2 aliphatic rings. The first kappa shape index (κ1) is 25.7. The van der Waals surface area contributed by atoms with E-state index in [0.29, 0.717) is 28.6 Å². The summed E-state index contributed by atoms with van der Waals surface area (Å²) in [5, 5.41) is 0.610. The van der Waals surface area contributed by atoms with Gasteiger partial charge in [-0.15, -0.1) is 0 Å². The molecule has 0 N–H and O–H groups in total. The first-order chi connectivity index (χ1) is 17.7. The zero-order chi connectivity index (χ0) is 26.2. The summed E-state index contributed by atoms with van der Waals surface area (Å²) in [6.07, 6.45) is -2.42. The lowest BCUT2D eigenvalue weighted by molar-refractivity contribution is -0.137. The standard InChI is InChI=1S/C26H30F3N5O2S/c1-17-14-33(24-31-23-22(37-24)12-20(13-30-23)26(27,28)29)15-18(2)34(17)25(35)36-21-8-10-32(11-9-21)16-19-6-4-3-5-7-19/h3-7,12-13,17-18,21H,8-11,14-16H2,1-2H3/t17-,18+. The van der Waals surface area contributed by atoms with Crippen LogP contribution in [0.5, 0.6) is 0 Å². The van der Waals surface area contributed by atoms with Gasteiger partial charge in [0, 0.05) is 38.9 Å². The number of benzene rings is 1. The minimum Gasteiger partial charge on any atom is -0.446 e. The smallest absolute Gasteiger partial charge is 0.417 e. The molecular weight excluding hydrogens is 503 g/mol. The van der Waals surface area contributed by atoms with Crippen LogP contribution in [0.25, 0.3) is 10.3 Å². The van der Waals surface area contributed by atoms with E-state index in [0.717, 1.165) is 44.7 Å². The number of pyridine rings is 1. The maximum absolute atomic E-state index is 13.1. The molecule has 2 saturated heterocycles. The van der Waals surface area contributed by atoms with Gasteiger partial charge in [-0.1, -0.05) is 41.7 Å². The van der Waals surface area contributed by atoms with Crippen molar-refractivity contribution in [3.05, 3.63) is 53.7 Å². The molecule has 4 heterocycles. The zero-order valence-electron chi connectivity index (χ0n) is 20.8. The highest BCUT2D eigenvalue weighted by Crippen LogP contribution is 2.35. The van der Waals surface area contributed by atoms with Gasteiger partial charge in [0.2, 0.25) is 0 Å². The molecule has 1 amide bonds. The van der Waals surface area contributed by atoms with Crippen LogP contribution in [0, 0.1) is 0 Å². The normalized spacial score (nSPS) is 22.0. The van der Waals surface area contributed by atoms with E-state index in [1.54, 1.807) is 4.90 Å². The quantitative estimate of drug-likeness (QED) is 0.447. The van der Waals surface area contributed by atoms with E-state index in [2.05, 4.69) is 27.0 Å². The average molecular weight is 534 g/mol. The number of piperidine rings is 1. The van der Waals surface area contributed by atoms with Crippen molar-refractivity contribution in [3.8, 4) is 0 Å². The molecule has 0 unspecified atom stereocenters. The van der Waals surface area contributed by atoms with Crippen LogP contribution in [-0.4, -0.2) is 70.2 Å². The van der Waals surface area contributed by atoms with Crippen molar-refractivity contribution in [2.45, 2.75) is 57.6 Å². The molecule has 0 spiro atoms. The number of nitrogens with zero attached hydrogens (tertiary/aromatic N) is 5. The third-order valence-corrected chi connectivity index (χ3v) is 8.07. The Balaban J connectivity index is 1.16. The third kappa shape index (κ3) is 5.82. The Hall–Kier alpha value is -2.92. The number of carbonyl (C=O) groups is 1. The van der Waals surface area contributed by atoms with Gasteiger partial charge in [0.1, 0.15) is 6.10 Å². The van der Waals surface area contributed by atoms with Gasteiger partial charge in [-0.25, -0.2) is 9.78 Å². The number of fused-ring (bicyclic) bond motifs is 1. The third-order valence-electron chi connectivity index (χ3n) is 7.01. The predicted octanol–water partition coefficient (Wildman–Crippen LogP) is 5.41. The summed E-state index contributed by atoms with van der Waals surface area (Å²) in [5.74, 6) is 0. The summed E-state index contributed by atoms with van der Waals surface area (Å²) in [7, 11) is 0. The highest BCUT2D eigenvalue weighted by Gasteiger charge is 2.37. The number of likely N-dealkylation sites (tertiary alicyclic amines) is 1. The summed E-state index contributed by atoms with van der Waals surface area (Å²) in [4.78, 5) is 27.7. The maximum atomic E-state index is 13.1. The van der Waals surface area contributed by atoms with Gasteiger partial charge in [0.25, 0.3) is 0 Å². The van der Waals surface area contributed by atoms with Crippen molar-refractivity contribution in [1.29, 1.82) is 0 Å². The van der Waals surface area contributed by atoms with Crippen LogP contribution in [0.3, 0.4) is 0 Å². The van der Waals surface area contributed by atoms with Crippen molar-refractivity contribution in [3.63, 3.8) is 0 Å². The Bertz CT molecular complexity index is 1220. The second-order valence-electron chi connectivity index (χ2n) is 9.90. The SMILES string of the molecule is C[C@@H]1CN(c2nc3ncc(C(F)(F)F)cc3s2)C[C@H](C)N1C(=O)OC1CCN(Cc2ccccc2)CC1. The van der Waals surface area contributed by atoms with Crippen LogP contribution < -0.4 is 4.90 Å². The molecule has 37 heavy (non-hydrogen) atoms. The fourth-order valence-electron chi connectivity index (χ4n) is 5.17. The van der Waals surface area contributed by atoms with Gasteiger partial charge in [0.05, 0.1) is 22.3 Å². The van der Waals surface area contributed by atoms with Gasteiger partial charge in [-0.05, 0) is 38.3 Å². The highest BCUT2D eigenvalue weighted by molar-refractivity contribution is 7.22. The molecular formula is C26H30F3N5O2S. The topological polar surface area (TPSA) is 61.8 Å². The number of rotatable bonds is 4. The number of ether oxygens (including phenoxy) is 1. The van der Waals surface area contributed by atoms with Crippen molar-refractivity contribution in [2.75, 3.05) is 31.1 Å². The highest BCUT2D eigenvalue weighted by atomic mass is 32.1. The summed E-state index contributed by atoms with van der Waals surface area (Å²) >= 11 is 1.19. The number of amides is 1. The lowest BCUT2D eigenvalue weighted by atomic mass is 10.1. The van der Waals surface area contributed by atoms with E-state index in [4.69, 9.17) is 4.74 Å². The summed E-state index contributed by atoms with van der Waals surface area (Å²) in [6, 6.07) is 11.2. The second kappa shape index (κ2) is 10.4. The van der Waals surface area contributed by atoms with Crippen LogP contribution in [0.2, 0.25) is 0 Å². The molecule has 0 bridgehead atoms. The Labute approximate surface area is 217 Å². The van der Waals surface area contributed by atoms with E-state index in [9.17, 15) is 18.0 Å². The lowest BCUT2D eigenvalue weighted by Gasteiger charge is -2.44. The molecule has 2 aromatic heterocycles. The number of thiazole rings is 1. The molecule has 0 radical (unpaired) electrons. The molecule has 7 nitrogen and oxygen atoms in total. The Kier molecular flexibility index (Phi) is 7.26. The number of hydrogen-bond donors (Lipinski definition) is 0. The minimum atomic E-state index is -4.45. The van der Waals surface area contributed by atoms with Crippen LogP contribution in [0.1, 0.15) is 37.8 Å². The molecule has 11 heteroatoms. The number of carbonyl (C=O) groups excluding carboxylic acids is 1. The van der Waals surface area contributed by atoms with Crippen molar-refractivity contribution in [2.24, 2.45) is 0 Å². The van der Waals surface area contributed by atoms with Gasteiger partial charge in [0.15, 0.2) is 10.8 Å². The number of anilines is 1. The minimum absolute atomic E-state index is 0.102. The number of aromatic nitrogens is 2. The molecule has 1 aromatic carbocycles. The van der Waals surface area contributed by atoms with Crippen LogP contribution in [-0.2, 0) is 17.5 Å².